The first-order valence-electron chi connectivity index (χ1n) is 16.0. The minimum Gasteiger partial charge on any atom is -0.324 e. The van der Waals surface area contributed by atoms with Gasteiger partial charge in [-0.25, -0.2) is 9.97 Å². The van der Waals surface area contributed by atoms with Crippen molar-refractivity contribution in [1.29, 1.82) is 0 Å². The van der Waals surface area contributed by atoms with Crippen LogP contribution in [-0.2, 0) is 13.1 Å². The molecule has 0 radical (unpaired) electrons. The van der Waals surface area contributed by atoms with Gasteiger partial charge in [0.25, 0.3) is 0 Å². The van der Waals surface area contributed by atoms with Crippen molar-refractivity contribution in [2.75, 3.05) is 0 Å². The van der Waals surface area contributed by atoms with E-state index < -0.39 is 0 Å². The third kappa shape index (κ3) is 7.55. The molecule has 0 spiro atoms. The van der Waals surface area contributed by atoms with E-state index in [0.29, 0.717) is 0 Å². The molecular weight excluding hydrogens is 648 g/mol. The SMILES string of the molecule is CCCCCCCCn1c(-c2ccc(-c3nc4ccc(Br)cc4n3CCCCCCCC)cc2)nc2ccc(Br)cc21. The highest BCUT2D eigenvalue weighted by Crippen LogP contribution is 2.32. The van der Waals surface area contributed by atoms with Crippen LogP contribution in [0.3, 0.4) is 0 Å². The summed E-state index contributed by atoms with van der Waals surface area (Å²) in [6.07, 6.45) is 15.4. The van der Waals surface area contributed by atoms with Gasteiger partial charge in [0.05, 0.1) is 22.1 Å². The van der Waals surface area contributed by atoms with E-state index in [2.05, 4.69) is 116 Å². The summed E-state index contributed by atoms with van der Waals surface area (Å²) in [6.45, 7) is 6.52. The van der Waals surface area contributed by atoms with Gasteiger partial charge >= 0.3 is 0 Å². The van der Waals surface area contributed by atoms with Crippen molar-refractivity contribution in [1.82, 2.24) is 19.1 Å². The molecule has 0 bridgehead atoms. The van der Waals surface area contributed by atoms with E-state index in [4.69, 9.17) is 9.97 Å². The number of rotatable bonds is 16. The maximum absolute atomic E-state index is 5.10. The van der Waals surface area contributed by atoms with Gasteiger partial charge in [0, 0.05) is 33.2 Å². The second-order valence-corrected chi connectivity index (χ2v) is 13.4. The van der Waals surface area contributed by atoms with E-state index in [1.807, 2.05) is 0 Å². The molecule has 6 heteroatoms. The molecule has 0 saturated carbocycles. The van der Waals surface area contributed by atoms with Crippen molar-refractivity contribution >= 4 is 53.9 Å². The highest BCUT2D eigenvalue weighted by molar-refractivity contribution is 9.10. The van der Waals surface area contributed by atoms with Crippen molar-refractivity contribution in [3.05, 3.63) is 69.6 Å². The molecule has 5 aromatic rings. The molecule has 0 saturated heterocycles. The van der Waals surface area contributed by atoms with Crippen LogP contribution in [0.25, 0.3) is 44.8 Å². The van der Waals surface area contributed by atoms with Gasteiger partial charge < -0.3 is 9.13 Å². The number of unbranched alkanes of at least 4 members (excludes halogenated alkanes) is 10. The maximum atomic E-state index is 5.10. The number of aryl methyl sites for hydroxylation is 2. The highest BCUT2D eigenvalue weighted by atomic mass is 79.9. The first-order chi connectivity index (χ1) is 20.6. The zero-order valence-electron chi connectivity index (χ0n) is 25.2. The Balaban J connectivity index is 1.41. The summed E-state index contributed by atoms with van der Waals surface area (Å²) in [7, 11) is 0. The lowest BCUT2D eigenvalue weighted by molar-refractivity contribution is 0.566. The molecule has 0 aliphatic heterocycles. The van der Waals surface area contributed by atoms with Gasteiger partial charge in [-0.2, -0.15) is 0 Å². The lowest BCUT2D eigenvalue weighted by Gasteiger charge is -2.12. The standard InChI is InChI=1S/C36H44Br2N4/c1-3-5-7-9-11-13-23-41-33-25-29(37)19-21-31(33)39-35(41)27-15-17-28(18-16-27)36-40-32-22-20-30(38)26-34(32)42(36)24-14-12-10-8-6-4-2/h15-22,25-26H,3-14,23-24H2,1-2H3. The van der Waals surface area contributed by atoms with Gasteiger partial charge in [-0.3, -0.25) is 0 Å². The smallest absolute Gasteiger partial charge is 0.141 e. The van der Waals surface area contributed by atoms with Crippen LogP contribution in [0.15, 0.2) is 69.6 Å². The van der Waals surface area contributed by atoms with Crippen molar-refractivity contribution in [2.24, 2.45) is 0 Å². The zero-order valence-corrected chi connectivity index (χ0v) is 28.4. The number of nitrogens with zero attached hydrogens (tertiary/aromatic N) is 4. The van der Waals surface area contributed by atoms with E-state index >= 15 is 0 Å². The Morgan fingerprint density at radius 2 is 0.881 bits per heavy atom. The van der Waals surface area contributed by atoms with E-state index in [9.17, 15) is 0 Å². The maximum Gasteiger partial charge on any atom is 0.141 e. The predicted octanol–water partition coefficient (Wildman–Crippen LogP) is 12.0. The third-order valence-corrected chi connectivity index (χ3v) is 9.28. The van der Waals surface area contributed by atoms with Crippen molar-refractivity contribution < 1.29 is 0 Å². The minimum absolute atomic E-state index is 0.985. The molecule has 0 aliphatic carbocycles. The average molecular weight is 693 g/mol. The number of aromatic nitrogens is 4. The van der Waals surface area contributed by atoms with Crippen LogP contribution in [0.5, 0.6) is 0 Å². The lowest BCUT2D eigenvalue weighted by atomic mass is 10.1. The molecule has 0 N–H and O–H groups in total. The fourth-order valence-electron chi connectivity index (χ4n) is 5.95. The first kappa shape index (κ1) is 31.0. The van der Waals surface area contributed by atoms with Crippen LogP contribution < -0.4 is 0 Å². The summed E-state index contributed by atoms with van der Waals surface area (Å²) in [5.74, 6) is 2.10. The Morgan fingerprint density at radius 3 is 1.29 bits per heavy atom. The molecule has 5 rings (SSSR count). The number of hydrogen-bond acceptors (Lipinski definition) is 2. The van der Waals surface area contributed by atoms with Gasteiger partial charge in [-0.1, -0.05) is 134 Å². The van der Waals surface area contributed by atoms with Crippen LogP contribution in [0.4, 0.5) is 0 Å². The zero-order chi connectivity index (χ0) is 29.3. The molecule has 2 heterocycles. The second kappa shape index (κ2) is 15.3. The molecule has 222 valence electrons. The Labute approximate surface area is 268 Å². The van der Waals surface area contributed by atoms with Crippen molar-refractivity contribution in [2.45, 2.75) is 104 Å². The number of benzene rings is 3. The first-order valence-corrected chi connectivity index (χ1v) is 17.6. The number of imidazole rings is 2. The normalized spacial score (nSPS) is 11.7. The summed E-state index contributed by atoms with van der Waals surface area (Å²) >= 11 is 7.37. The molecule has 0 fully saturated rings. The largest absolute Gasteiger partial charge is 0.324 e. The van der Waals surface area contributed by atoms with Gasteiger partial charge in [0.1, 0.15) is 11.6 Å². The fourth-order valence-corrected chi connectivity index (χ4v) is 6.65. The summed E-state index contributed by atoms with van der Waals surface area (Å²) in [5.41, 5.74) is 6.80. The van der Waals surface area contributed by atoms with Crippen LogP contribution in [0, 0.1) is 0 Å². The monoisotopic (exact) mass is 690 g/mol. The number of fused-ring (bicyclic) bond motifs is 2. The quantitative estimate of drug-likeness (QED) is 0.0965. The van der Waals surface area contributed by atoms with Crippen LogP contribution in [-0.4, -0.2) is 19.1 Å². The summed E-state index contributed by atoms with van der Waals surface area (Å²) in [6, 6.07) is 21.8. The molecule has 0 atom stereocenters. The van der Waals surface area contributed by atoms with Crippen molar-refractivity contribution in [3.63, 3.8) is 0 Å². The highest BCUT2D eigenvalue weighted by Gasteiger charge is 2.16. The molecule has 42 heavy (non-hydrogen) atoms. The van der Waals surface area contributed by atoms with Gasteiger partial charge in [-0.15, -0.1) is 0 Å². The molecule has 2 aromatic heterocycles. The van der Waals surface area contributed by atoms with Crippen LogP contribution in [0.1, 0.15) is 90.9 Å². The van der Waals surface area contributed by atoms with E-state index in [-0.39, 0.29) is 0 Å². The predicted molar refractivity (Wildman–Crippen MR) is 186 cm³/mol. The number of hydrogen-bond donors (Lipinski definition) is 0. The van der Waals surface area contributed by atoms with E-state index in [1.165, 1.54) is 88.1 Å². The van der Waals surface area contributed by atoms with Crippen LogP contribution >= 0.6 is 31.9 Å². The second-order valence-electron chi connectivity index (χ2n) is 11.6. The fraction of sp³-hybridized carbons (Fsp3) is 0.444. The topological polar surface area (TPSA) is 35.6 Å². The molecule has 0 amide bonds. The van der Waals surface area contributed by atoms with Crippen LogP contribution in [0.2, 0.25) is 0 Å². The van der Waals surface area contributed by atoms with Gasteiger partial charge in [0.15, 0.2) is 0 Å². The average Bonchev–Trinajstić information content (AvgIpc) is 3.54. The summed E-state index contributed by atoms with van der Waals surface area (Å²) in [4.78, 5) is 10.2. The minimum atomic E-state index is 0.985. The Morgan fingerprint density at radius 1 is 0.500 bits per heavy atom. The molecule has 4 nitrogen and oxygen atoms in total. The molecule has 0 unspecified atom stereocenters. The summed E-state index contributed by atoms with van der Waals surface area (Å²) < 4.78 is 7.02. The third-order valence-electron chi connectivity index (χ3n) is 8.29. The molecular formula is C36H44Br2N4. The van der Waals surface area contributed by atoms with Crippen molar-refractivity contribution in [3.8, 4) is 22.8 Å². The van der Waals surface area contributed by atoms with E-state index in [1.54, 1.807) is 0 Å². The molecule has 0 aliphatic rings. The Kier molecular flexibility index (Phi) is 11.3. The van der Waals surface area contributed by atoms with Gasteiger partial charge in [-0.05, 0) is 49.2 Å². The number of halogens is 2. The van der Waals surface area contributed by atoms with Gasteiger partial charge in [0.2, 0.25) is 0 Å². The Bertz CT molecular complexity index is 1460. The Hall–Kier alpha value is -2.44. The lowest BCUT2D eigenvalue weighted by Crippen LogP contribution is -2.02. The summed E-state index contributed by atoms with van der Waals surface area (Å²) in [5, 5.41) is 0. The van der Waals surface area contributed by atoms with E-state index in [0.717, 1.165) is 55.8 Å². The molecule has 3 aromatic carbocycles.